The van der Waals surface area contributed by atoms with Crippen molar-refractivity contribution in [1.82, 2.24) is 14.9 Å². The van der Waals surface area contributed by atoms with E-state index >= 15 is 0 Å². The number of nitrogens with zero attached hydrogens (tertiary/aromatic N) is 2. The zero-order chi connectivity index (χ0) is 25.0. The number of ketones is 1. The molecule has 3 aromatic rings. The summed E-state index contributed by atoms with van der Waals surface area (Å²) in [6, 6.07) is 10.7. The maximum absolute atomic E-state index is 13.4. The van der Waals surface area contributed by atoms with Gasteiger partial charge in [-0.1, -0.05) is 44.7 Å². The van der Waals surface area contributed by atoms with Crippen molar-refractivity contribution in [3.63, 3.8) is 0 Å². The molecule has 1 amide bonds. The first kappa shape index (κ1) is 25.7. The normalized spacial score (nSPS) is 12.2. The number of aryl methyl sites for hydroxylation is 2. The molecule has 0 spiro atoms. The van der Waals surface area contributed by atoms with Crippen molar-refractivity contribution in [3.8, 4) is 0 Å². The van der Waals surface area contributed by atoms with Crippen LogP contribution < -0.4 is 10.9 Å². The number of amides is 1. The van der Waals surface area contributed by atoms with Gasteiger partial charge in [0.25, 0.3) is 11.5 Å². The lowest BCUT2D eigenvalue weighted by atomic mass is 10.0. The first-order chi connectivity index (χ1) is 16.1. The van der Waals surface area contributed by atoms with E-state index in [1.165, 1.54) is 11.8 Å². The number of nitrogens with one attached hydrogen (secondary N) is 1. The minimum atomic E-state index is -0.430. The van der Waals surface area contributed by atoms with E-state index in [9.17, 15) is 14.4 Å². The van der Waals surface area contributed by atoms with Crippen LogP contribution in [0.2, 0.25) is 0 Å². The molecule has 0 bridgehead atoms. The molecule has 3 rings (SSSR count). The van der Waals surface area contributed by atoms with Gasteiger partial charge in [-0.2, -0.15) is 0 Å². The number of rotatable bonds is 9. The number of carbonyl (C=O) groups is 2. The fraction of sp³-hybridized carbons (Fsp3) is 0.407. The number of carbonyl (C=O) groups excluding carboxylic acids is 2. The highest BCUT2D eigenvalue weighted by Gasteiger charge is 2.22. The minimum Gasteiger partial charge on any atom is -0.352 e. The topological polar surface area (TPSA) is 81.1 Å². The molecule has 2 aromatic carbocycles. The Morgan fingerprint density at radius 1 is 1.03 bits per heavy atom. The summed E-state index contributed by atoms with van der Waals surface area (Å²) >= 11 is 1.28. The third-order valence-corrected chi connectivity index (χ3v) is 6.80. The number of Topliss-reactive ketones (excluding diaryl/α,β-unsaturated/α-hetero) is 1. The largest absolute Gasteiger partial charge is 0.352 e. The standard InChI is InChI=1S/C27H33N3O3S/c1-7-12-28-25(32)21-10-11-22-23(14-21)29-27(30(26(22)33)15-16(2)3)34-19(6)24(31)20-9-8-17(4)18(5)13-20/h8-11,13-14,16,19H,7,12,15H2,1-6H3,(H,28,32). The van der Waals surface area contributed by atoms with Gasteiger partial charge in [0.1, 0.15) is 0 Å². The molecule has 0 fully saturated rings. The van der Waals surface area contributed by atoms with Crippen LogP contribution in [-0.4, -0.2) is 33.0 Å². The lowest BCUT2D eigenvalue weighted by molar-refractivity contribution is 0.0952. The summed E-state index contributed by atoms with van der Waals surface area (Å²) in [4.78, 5) is 43.7. The molecular weight excluding hydrogens is 446 g/mol. The van der Waals surface area contributed by atoms with Gasteiger partial charge in [0.2, 0.25) is 0 Å². The van der Waals surface area contributed by atoms with E-state index in [0.29, 0.717) is 40.3 Å². The average Bonchev–Trinajstić information content (AvgIpc) is 2.80. The van der Waals surface area contributed by atoms with Crippen LogP contribution >= 0.6 is 11.8 Å². The summed E-state index contributed by atoms with van der Waals surface area (Å²) in [6.45, 7) is 13.0. The molecule has 0 saturated heterocycles. The first-order valence-corrected chi connectivity index (χ1v) is 12.6. The fourth-order valence-electron chi connectivity index (χ4n) is 3.64. The molecule has 0 aliphatic carbocycles. The molecule has 1 aromatic heterocycles. The van der Waals surface area contributed by atoms with Crippen LogP contribution in [0.25, 0.3) is 10.9 Å². The van der Waals surface area contributed by atoms with Crippen LogP contribution in [0.1, 0.15) is 66.0 Å². The number of benzene rings is 2. The van der Waals surface area contributed by atoms with Crippen molar-refractivity contribution in [1.29, 1.82) is 0 Å². The summed E-state index contributed by atoms with van der Waals surface area (Å²) in [5.74, 6) is 0.0248. The third kappa shape index (κ3) is 5.76. The van der Waals surface area contributed by atoms with Gasteiger partial charge in [-0.3, -0.25) is 19.0 Å². The number of hydrogen-bond acceptors (Lipinski definition) is 5. The maximum Gasteiger partial charge on any atom is 0.262 e. The molecule has 34 heavy (non-hydrogen) atoms. The molecule has 0 aliphatic rings. The SMILES string of the molecule is CCCNC(=O)c1ccc2c(=O)n(CC(C)C)c(SC(C)C(=O)c3ccc(C)c(C)c3)nc2c1. The molecule has 7 heteroatoms. The summed E-state index contributed by atoms with van der Waals surface area (Å²) in [6.07, 6.45) is 0.838. The van der Waals surface area contributed by atoms with Crippen LogP contribution in [0.15, 0.2) is 46.3 Å². The second-order valence-electron chi connectivity index (χ2n) is 9.12. The Morgan fingerprint density at radius 2 is 1.74 bits per heavy atom. The number of thioether (sulfide) groups is 1. The van der Waals surface area contributed by atoms with Gasteiger partial charge >= 0.3 is 0 Å². The van der Waals surface area contributed by atoms with Gasteiger partial charge in [-0.25, -0.2) is 4.98 Å². The number of aromatic nitrogens is 2. The van der Waals surface area contributed by atoms with Gasteiger partial charge in [-0.05, 0) is 68.5 Å². The van der Waals surface area contributed by atoms with E-state index in [1.807, 2.05) is 59.7 Å². The summed E-state index contributed by atoms with van der Waals surface area (Å²) < 4.78 is 1.65. The van der Waals surface area contributed by atoms with Crippen LogP contribution in [0, 0.1) is 19.8 Å². The fourth-order valence-corrected chi connectivity index (χ4v) is 4.63. The maximum atomic E-state index is 13.4. The van der Waals surface area contributed by atoms with E-state index < -0.39 is 5.25 Å². The quantitative estimate of drug-likeness (QED) is 0.260. The second kappa shape index (κ2) is 11.0. The zero-order valence-electron chi connectivity index (χ0n) is 20.8. The molecule has 1 N–H and O–H groups in total. The Bertz CT molecular complexity index is 1280. The molecule has 0 saturated carbocycles. The summed E-state index contributed by atoms with van der Waals surface area (Å²) in [5, 5.41) is 3.38. The zero-order valence-corrected chi connectivity index (χ0v) is 21.6. The van der Waals surface area contributed by atoms with Crippen molar-refractivity contribution in [2.45, 2.75) is 64.9 Å². The highest BCUT2D eigenvalue weighted by molar-refractivity contribution is 8.00. The van der Waals surface area contributed by atoms with Gasteiger partial charge in [0, 0.05) is 24.2 Å². The molecule has 1 unspecified atom stereocenters. The number of fused-ring (bicyclic) bond motifs is 1. The Labute approximate surface area is 205 Å². The first-order valence-electron chi connectivity index (χ1n) is 11.7. The lowest BCUT2D eigenvalue weighted by Crippen LogP contribution is -2.27. The van der Waals surface area contributed by atoms with E-state index in [1.54, 1.807) is 22.8 Å². The predicted molar refractivity (Wildman–Crippen MR) is 139 cm³/mol. The molecule has 180 valence electrons. The van der Waals surface area contributed by atoms with Gasteiger partial charge < -0.3 is 5.32 Å². The third-order valence-electron chi connectivity index (χ3n) is 5.71. The lowest BCUT2D eigenvalue weighted by Gasteiger charge is -2.18. The van der Waals surface area contributed by atoms with Gasteiger partial charge in [0.05, 0.1) is 16.2 Å². The second-order valence-corrected chi connectivity index (χ2v) is 10.4. The minimum absolute atomic E-state index is 0.00811. The Hall–Kier alpha value is -2.93. The molecule has 1 atom stereocenters. The predicted octanol–water partition coefficient (Wildman–Crippen LogP) is 5.17. The molecular formula is C27H33N3O3S. The van der Waals surface area contributed by atoms with Crippen molar-refractivity contribution < 1.29 is 9.59 Å². The molecule has 1 heterocycles. The smallest absolute Gasteiger partial charge is 0.262 e. The highest BCUT2D eigenvalue weighted by Crippen LogP contribution is 2.26. The summed E-state index contributed by atoms with van der Waals surface area (Å²) in [5.41, 5.74) is 3.62. The van der Waals surface area contributed by atoms with Crippen LogP contribution in [0.4, 0.5) is 0 Å². The Morgan fingerprint density at radius 3 is 2.38 bits per heavy atom. The number of hydrogen-bond donors (Lipinski definition) is 1. The Kier molecular flexibility index (Phi) is 8.31. The highest BCUT2D eigenvalue weighted by atomic mass is 32.2. The average molecular weight is 480 g/mol. The van der Waals surface area contributed by atoms with E-state index in [0.717, 1.165) is 17.5 Å². The van der Waals surface area contributed by atoms with E-state index in [-0.39, 0.29) is 23.2 Å². The monoisotopic (exact) mass is 479 g/mol. The van der Waals surface area contributed by atoms with Gasteiger partial charge in [0.15, 0.2) is 10.9 Å². The van der Waals surface area contributed by atoms with E-state index in [4.69, 9.17) is 4.98 Å². The van der Waals surface area contributed by atoms with E-state index in [2.05, 4.69) is 5.32 Å². The van der Waals surface area contributed by atoms with Gasteiger partial charge in [-0.15, -0.1) is 0 Å². The van der Waals surface area contributed by atoms with Crippen molar-refractivity contribution in [3.05, 3.63) is 69.0 Å². The van der Waals surface area contributed by atoms with Crippen molar-refractivity contribution in [2.24, 2.45) is 5.92 Å². The van der Waals surface area contributed by atoms with Crippen LogP contribution in [0.3, 0.4) is 0 Å². The van der Waals surface area contributed by atoms with Crippen LogP contribution in [0.5, 0.6) is 0 Å². The molecule has 6 nitrogen and oxygen atoms in total. The van der Waals surface area contributed by atoms with Crippen molar-refractivity contribution in [2.75, 3.05) is 6.54 Å². The molecule has 0 aliphatic heterocycles. The van der Waals surface area contributed by atoms with Crippen LogP contribution in [-0.2, 0) is 6.54 Å². The van der Waals surface area contributed by atoms with Crippen molar-refractivity contribution >= 4 is 34.4 Å². The Balaban J connectivity index is 2.02. The summed E-state index contributed by atoms with van der Waals surface area (Å²) in [7, 11) is 0. The molecule has 0 radical (unpaired) electrons.